The van der Waals surface area contributed by atoms with Crippen LogP contribution in [-0.2, 0) is 16.0 Å². The Morgan fingerprint density at radius 2 is 2.03 bits per heavy atom. The number of guanidine groups is 1. The van der Waals surface area contributed by atoms with Gasteiger partial charge in [-0.3, -0.25) is 9.69 Å². The molecule has 166 valence electrons. The van der Waals surface area contributed by atoms with Crippen molar-refractivity contribution >= 4 is 47.2 Å². The predicted octanol–water partition coefficient (Wildman–Crippen LogP) is 1.89. The lowest BCUT2D eigenvalue weighted by Gasteiger charge is -2.37. The molecule has 1 aromatic rings. The molecule has 2 N–H and O–H groups in total. The van der Waals surface area contributed by atoms with Crippen LogP contribution in [0.5, 0.6) is 0 Å². The molecule has 0 spiro atoms. The van der Waals surface area contributed by atoms with E-state index in [9.17, 15) is 4.79 Å². The third-order valence-electron chi connectivity index (χ3n) is 4.88. The molecule has 0 aromatic carbocycles. The molecule has 1 saturated heterocycles. The molecule has 29 heavy (non-hydrogen) atoms. The second-order valence-corrected chi connectivity index (χ2v) is 8.58. The van der Waals surface area contributed by atoms with E-state index in [4.69, 9.17) is 4.74 Å². The SMILES string of the molecule is CC(C)C(CNC(=NCC(=O)N(C)C)NCCc1cccs1)N1CCOCC1.I. The Labute approximate surface area is 196 Å². The summed E-state index contributed by atoms with van der Waals surface area (Å²) in [6.45, 7) is 9.72. The number of nitrogens with one attached hydrogen (secondary N) is 2. The van der Waals surface area contributed by atoms with Gasteiger partial charge in [0, 0.05) is 51.2 Å². The molecule has 1 aromatic heterocycles. The number of morpholine rings is 1. The Hall–Kier alpha value is -0.910. The topological polar surface area (TPSA) is 69.2 Å². The second kappa shape index (κ2) is 14.2. The molecule has 9 heteroatoms. The van der Waals surface area contributed by atoms with Gasteiger partial charge in [-0.25, -0.2) is 4.99 Å². The molecule has 1 fully saturated rings. The number of carbonyl (C=O) groups is 1. The minimum atomic E-state index is -0.00653. The molecule has 1 amide bonds. The lowest BCUT2D eigenvalue weighted by molar-refractivity contribution is -0.127. The normalized spacial score (nSPS) is 16.2. The van der Waals surface area contributed by atoms with Gasteiger partial charge in [0.25, 0.3) is 0 Å². The Bertz CT molecular complexity index is 604. The van der Waals surface area contributed by atoms with Crippen molar-refractivity contribution < 1.29 is 9.53 Å². The van der Waals surface area contributed by atoms with Crippen molar-refractivity contribution in [2.24, 2.45) is 10.9 Å². The fourth-order valence-electron chi connectivity index (χ4n) is 3.12. The number of hydrogen-bond donors (Lipinski definition) is 2. The summed E-state index contributed by atoms with van der Waals surface area (Å²) in [5.74, 6) is 1.21. The molecule has 1 unspecified atom stereocenters. The van der Waals surface area contributed by atoms with Gasteiger partial charge < -0.3 is 20.3 Å². The van der Waals surface area contributed by atoms with Gasteiger partial charge in [-0.1, -0.05) is 19.9 Å². The molecule has 2 rings (SSSR count). The molecule has 7 nitrogen and oxygen atoms in total. The van der Waals surface area contributed by atoms with E-state index in [2.05, 4.69) is 51.9 Å². The van der Waals surface area contributed by atoms with E-state index in [1.54, 1.807) is 30.3 Å². The maximum Gasteiger partial charge on any atom is 0.243 e. The molecule has 1 atom stereocenters. The fraction of sp³-hybridized carbons (Fsp3) is 0.700. The first-order chi connectivity index (χ1) is 13.5. The summed E-state index contributed by atoms with van der Waals surface area (Å²) in [4.78, 5) is 21.8. The number of thiophene rings is 1. The van der Waals surface area contributed by atoms with Crippen molar-refractivity contribution in [3.05, 3.63) is 22.4 Å². The van der Waals surface area contributed by atoms with Gasteiger partial charge in [0.2, 0.25) is 5.91 Å². The highest BCUT2D eigenvalue weighted by molar-refractivity contribution is 14.0. The molecule has 2 heterocycles. The molecule has 1 aliphatic rings. The Morgan fingerprint density at radius 1 is 1.31 bits per heavy atom. The molecular weight excluding hydrogens is 501 g/mol. The van der Waals surface area contributed by atoms with Crippen molar-refractivity contribution in [3.63, 3.8) is 0 Å². The van der Waals surface area contributed by atoms with Crippen molar-refractivity contribution in [2.45, 2.75) is 26.3 Å². The number of amides is 1. The number of nitrogens with zero attached hydrogens (tertiary/aromatic N) is 3. The first-order valence-corrected chi connectivity index (χ1v) is 10.9. The molecule has 0 aliphatic carbocycles. The highest BCUT2D eigenvalue weighted by atomic mass is 127. The van der Waals surface area contributed by atoms with Gasteiger partial charge in [0.15, 0.2) is 5.96 Å². The fourth-order valence-corrected chi connectivity index (χ4v) is 3.83. The molecular formula is C20H36IN5O2S. The van der Waals surface area contributed by atoms with Gasteiger partial charge in [-0.05, 0) is 23.8 Å². The third-order valence-corrected chi connectivity index (χ3v) is 5.81. The van der Waals surface area contributed by atoms with E-state index in [1.165, 1.54) is 4.88 Å². The van der Waals surface area contributed by atoms with Crippen molar-refractivity contribution in [3.8, 4) is 0 Å². The number of ether oxygens (including phenoxy) is 1. The van der Waals surface area contributed by atoms with E-state index in [-0.39, 0.29) is 36.4 Å². The Kier molecular flexibility index (Phi) is 12.8. The van der Waals surface area contributed by atoms with Crippen LogP contribution in [0.3, 0.4) is 0 Å². The summed E-state index contributed by atoms with van der Waals surface area (Å²) in [7, 11) is 3.50. The van der Waals surface area contributed by atoms with Gasteiger partial charge in [0.1, 0.15) is 6.54 Å². The standard InChI is InChI=1S/C20H35N5O2S.HI/c1-16(2)18(25-9-11-27-12-10-25)14-22-20(23-15-19(26)24(3)4)21-8-7-17-6-5-13-28-17;/h5-6,13,16,18H,7-12,14-15H2,1-4H3,(H2,21,22,23);1H. The van der Waals surface area contributed by atoms with Gasteiger partial charge in [0.05, 0.1) is 13.2 Å². The monoisotopic (exact) mass is 537 g/mol. The van der Waals surface area contributed by atoms with E-state index in [1.807, 2.05) is 0 Å². The number of aliphatic imine (C=N–C) groups is 1. The first kappa shape index (κ1) is 26.1. The van der Waals surface area contributed by atoms with Crippen LogP contribution in [0.25, 0.3) is 0 Å². The van der Waals surface area contributed by atoms with E-state index in [0.717, 1.165) is 45.8 Å². The molecule has 1 aliphatic heterocycles. The van der Waals surface area contributed by atoms with Crippen LogP contribution in [0.15, 0.2) is 22.5 Å². The maximum atomic E-state index is 11.9. The van der Waals surface area contributed by atoms with E-state index < -0.39 is 0 Å². The van der Waals surface area contributed by atoms with Crippen LogP contribution in [0.2, 0.25) is 0 Å². The minimum Gasteiger partial charge on any atom is -0.379 e. The zero-order valence-electron chi connectivity index (χ0n) is 18.0. The largest absolute Gasteiger partial charge is 0.379 e. The van der Waals surface area contributed by atoms with E-state index in [0.29, 0.717) is 17.9 Å². The lowest BCUT2D eigenvalue weighted by atomic mass is 10.0. The molecule has 0 radical (unpaired) electrons. The third kappa shape index (κ3) is 9.63. The van der Waals surface area contributed by atoms with Crippen LogP contribution in [0, 0.1) is 5.92 Å². The number of rotatable bonds is 9. The highest BCUT2D eigenvalue weighted by Gasteiger charge is 2.24. The van der Waals surface area contributed by atoms with Crippen LogP contribution < -0.4 is 10.6 Å². The van der Waals surface area contributed by atoms with Crippen LogP contribution in [-0.4, -0.2) is 87.7 Å². The number of halogens is 1. The number of carbonyl (C=O) groups excluding carboxylic acids is 1. The van der Waals surface area contributed by atoms with E-state index >= 15 is 0 Å². The zero-order valence-corrected chi connectivity index (χ0v) is 21.2. The molecule has 0 bridgehead atoms. The summed E-state index contributed by atoms with van der Waals surface area (Å²) in [5.41, 5.74) is 0. The average Bonchev–Trinajstić information content (AvgIpc) is 3.19. The predicted molar refractivity (Wildman–Crippen MR) is 131 cm³/mol. The van der Waals surface area contributed by atoms with Crippen LogP contribution in [0.1, 0.15) is 18.7 Å². The van der Waals surface area contributed by atoms with Crippen LogP contribution >= 0.6 is 35.3 Å². The van der Waals surface area contributed by atoms with Crippen LogP contribution in [0.4, 0.5) is 0 Å². The second-order valence-electron chi connectivity index (χ2n) is 7.55. The quantitative estimate of drug-likeness (QED) is 0.286. The van der Waals surface area contributed by atoms with Crippen molar-refractivity contribution in [1.82, 2.24) is 20.4 Å². The van der Waals surface area contributed by atoms with Gasteiger partial charge in [-0.2, -0.15) is 0 Å². The minimum absolute atomic E-state index is 0. The number of likely N-dealkylation sites (N-methyl/N-ethyl adjacent to an activating group) is 1. The summed E-state index contributed by atoms with van der Waals surface area (Å²) in [6.07, 6.45) is 0.942. The summed E-state index contributed by atoms with van der Waals surface area (Å²) >= 11 is 1.76. The maximum absolute atomic E-state index is 11.9. The van der Waals surface area contributed by atoms with Gasteiger partial charge >= 0.3 is 0 Å². The summed E-state index contributed by atoms with van der Waals surface area (Å²) in [6, 6.07) is 4.61. The zero-order chi connectivity index (χ0) is 20.4. The van der Waals surface area contributed by atoms with Gasteiger partial charge in [-0.15, -0.1) is 35.3 Å². The highest BCUT2D eigenvalue weighted by Crippen LogP contribution is 2.12. The number of hydrogen-bond acceptors (Lipinski definition) is 5. The smallest absolute Gasteiger partial charge is 0.243 e. The summed E-state index contributed by atoms with van der Waals surface area (Å²) < 4.78 is 5.49. The first-order valence-electron chi connectivity index (χ1n) is 10.0. The van der Waals surface area contributed by atoms with Crippen molar-refractivity contribution in [2.75, 3.05) is 60.0 Å². The van der Waals surface area contributed by atoms with Crippen molar-refractivity contribution in [1.29, 1.82) is 0 Å². The average molecular weight is 538 g/mol. The Balaban J connectivity index is 0.00000420. The Morgan fingerprint density at radius 3 is 2.62 bits per heavy atom. The molecule has 0 saturated carbocycles. The summed E-state index contributed by atoms with van der Waals surface area (Å²) in [5, 5.41) is 8.93. The lowest BCUT2D eigenvalue weighted by Crippen LogP contribution is -2.52.